The molecule has 0 bridgehead atoms. The van der Waals surface area contributed by atoms with Crippen LogP contribution in [0.3, 0.4) is 0 Å². The first-order chi connectivity index (χ1) is 8.11. The molecule has 0 saturated heterocycles. The molecule has 1 atom stereocenters. The zero-order valence-corrected chi connectivity index (χ0v) is 10.1. The number of aromatic nitrogens is 2. The molecule has 1 aromatic heterocycles. The van der Waals surface area contributed by atoms with Crippen LogP contribution in [0.5, 0.6) is 0 Å². The Kier molecular flexibility index (Phi) is 3.45. The number of H-pyrrole nitrogens is 1. The summed E-state index contributed by atoms with van der Waals surface area (Å²) in [5, 5.41) is 9.06. The minimum absolute atomic E-state index is 0.0210. The maximum Gasteiger partial charge on any atom is 0.107 e. The van der Waals surface area contributed by atoms with Crippen LogP contribution in [-0.2, 0) is 6.42 Å². The van der Waals surface area contributed by atoms with E-state index < -0.39 is 5.54 Å². The van der Waals surface area contributed by atoms with Gasteiger partial charge in [0.2, 0.25) is 0 Å². The lowest BCUT2D eigenvalue weighted by Crippen LogP contribution is -2.40. The number of aliphatic hydroxyl groups excluding tert-OH is 1. The molecule has 2 rings (SSSR count). The van der Waals surface area contributed by atoms with Crippen molar-refractivity contribution < 1.29 is 5.11 Å². The van der Waals surface area contributed by atoms with E-state index in [0.29, 0.717) is 0 Å². The van der Waals surface area contributed by atoms with Gasteiger partial charge in [-0.25, -0.2) is 4.98 Å². The van der Waals surface area contributed by atoms with E-state index in [2.05, 4.69) is 9.97 Å². The summed E-state index contributed by atoms with van der Waals surface area (Å²) >= 11 is 0. The van der Waals surface area contributed by atoms with Crippen molar-refractivity contribution >= 4 is 11.0 Å². The molecule has 2 aromatic rings. The number of fused-ring (bicyclic) bond motifs is 1. The summed E-state index contributed by atoms with van der Waals surface area (Å²) in [5.74, 6) is 0.986. The molecule has 4 N–H and O–H groups in total. The fourth-order valence-electron chi connectivity index (χ4n) is 1.86. The molecule has 0 saturated carbocycles. The molecule has 17 heavy (non-hydrogen) atoms. The van der Waals surface area contributed by atoms with Crippen LogP contribution in [0.15, 0.2) is 24.3 Å². The standard InChI is InChI=1S/C13H19N3O/c1-13(14,9-17)8-4-7-12-15-10-5-2-3-6-11(10)16-12/h2-3,5-6,17H,4,7-9,14H2,1H3,(H,15,16). The van der Waals surface area contributed by atoms with Crippen molar-refractivity contribution in [2.75, 3.05) is 6.61 Å². The van der Waals surface area contributed by atoms with Gasteiger partial charge in [-0.3, -0.25) is 0 Å². The van der Waals surface area contributed by atoms with E-state index in [-0.39, 0.29) is 6.61 Å². The predicted molar refractivity (Wildman–Crippen MR) is 68.7 cm³/mol. The number of nitrogens with one attached hydrogen (secondary N) is 1. The molecule has 4 nitrogen and oxygen atoms in total. The number of aromatic amines is 1. The SMILES string of the molecule is CC(N)(CO)CCCc1nc2ccccc2[nH]1. The summed E-state index contributed by atoms with van der Waals surface area (Å²) in [6.45, 7) is 1.89. The number of nitrogens with two attached hydrogens (primary N) is 1. The van der Waals surface area contributed by atoms with Gasteiger partial charge in [-0.15, -0.1) is 0 Å². The molecular weight excluding hydrogens is 214 g/mol. The van der Waals surface area contributed by atoms with E-state index in [1.807, 2.05) is 31.2 Å². The zero-order valence-electron chi connectivity index (χ0n) is 10.1. The van der Waals surface area contributed by atoms with Gasteiger partial charge in [-0.05, 0) is 31.9 Å². The van der Waals surface area contributed by atoms with Gasteiger partial charge < -0.3 is 15.8 Å². The molecule has 4 heteroatoms. The first-order valence-corrected chi connectivity index (χ1v) is 5.94. The van der Waals surface area contributed by atoms with E-state index in [9.17, 15) is 0 Å². The van der Waals surface area contributed by atoms with Crippen molar-refractivity contribution in [3.8, 4) is 0 Å². The largest absolute Gasteiger partial charge is 0.394 e. The summed E-state index contributed by atoms with van der Waals surface area (Å²) in [6, 6.07) is 7.99. The van der Waals surface area contributed by atoms with E-state index >= 15 is 0 Å². The van der Waals surface area contributed by atoms with Crippen LogP contribution in [0.25, 0.3) is 11.0 Å². The first-order valence-electron chi connectivity index (χ1n) is 5.94. The second kappa shape index (κ2) is 4.85. The highest BCUT2D eigenvalue weighted by Crippen LogP contribution is 2.14. The molecule has 1 heterocycles. The lowest BCUT2D eigenvalue weighted by Gasteiger charge is -2.20. The lowest BCUT2D eigenvalue weighted by atomic mass is 9.97. The lowest BCUT2D eigenvalue weighted by molar-refractivity contribution is 0.198. The number of hydrogen-bond donors (Lipinski definition) is 3. The Morgan fingerprint density at radius 3 is 2.88 bits per heavy atom. The smallest absolute Gasteiger partial charge is 0.107 e. The fourth-order valence-corrected chi connectivity index (χ4v) is 1.86. The number of imidazole rings is 1. The average molecular weight is 233 g/mol. The van der Waals surface area contributed by atoms with Crippen molar-refractivity contribution in [1.82, 2.24) is 9.97 Å². The van der Waals surface area contributed by atoms with Gasteiger partial charge in [0.25, 0.3) is 0 Å². The van der Waals surface area contributed by atoms with Gasteiger partial charge in [0.05, 0.1) is 17.6 Å². The van der Waals surface area contributed by atoms with E-state index in [4.69, 9.17) is 10.8 Å². The van der Waals surface area contributed by atoms with Gasteiger partial charge in [0.1, 0.15) is 5.82 Å². The number of aliphatic hydroxyl groups is 1. The fraction of sp³-hybridized carbons (Fsp3) is 0.462. The highest BCUT2D eigenvalue weighted by atomic mass is 16.3. The Morgan fingerprint density at radius 2 is 2.18 bits per heavy atom. The molecule has 0 radical (unpaired) electrons. The predicted octanol–water partition coefficient (Wildman–Crippen LogP) is 1.60. The van der Waals surface area contributed by atoms with Gasteiger partial charge in [-0.2, -0.15) is 0 Å². The maximum absolute atomic E-state index is 9.06. The Bertz CT molecular complexity index is 457. The Balaban J connectivity index is 1.95. The summed E-state index contributed by atoms with van der Waals surface area (Å²) in [7, 11) is 0. The average Bonchev–Trinajstić information content (AvgIpc) is 2.71. The Hall–Kier alpha value is -1.39. The van der Waals surface area contributed by atoms with Crippen LogP contribution >= 0.6 is 0 Å². The molecule has 1 unspecified atom stereocenters. The van der Waals surface area contributed by atoms with Crippen LogP contribution in [-0.4, -0.2) is 27.2 Å². The van der Waals surface area contributed by atoms with E-state index in [1.165, 1.54) is 0 Å². The van der Waals surface area contributed by atoms with Gasteiger partial charge in [0, 0.05) is 12.0 Å². The Labute approximate surface area is 101 Å². The summed E-state index contributed by atoms with van der Waals surface area (Å²) in [5.41, 5.74) is 7.46. The number of para-hydroxylation sites is 2. The molecule has 0 fully saturated rings. The van der Waals surface area contributed by atoms with Crippen LogP contribution in [0, 0.1) is 0 Å². The third-order valence-electron chi connectivity index (χ3n) is 2.96. The third kappa shape index (κ3) is 3.05. The number of aryl methyl sites for hydroxylation is 1. The normalized spacial score (nSPS) is 15.0. The molecule has 0 aliphatic rings. The van der Waals surface area contributed by atoms with Crippen molar-refractivity contribution in [2.45, 2.75) is 31.7 Å². The van der Waals surface area contributed by atoms with Crippen molar-refractivity contribution in [3.63, 3.8) is 0 Å². The van der Waals surface area contributed by atoms with E-state index in [1.54, 1.807) is 0 Å². The number of hydrogen-bond acceptors (Lipinski definition) is 3. The second-order valence-corrected chi connectivity index (χ2v) is 4.87. The summed E-state index contributed by atoms with van der Waals surface area (Å²) in [6.07, 6.45) is 2.58. The molecule has 0 aliphatic carbocycles. The van der Waals surface area contributed by atoms with Gasteiger partial charge in [0.15, 0.2) is 0 Å². The number of benzene rings is 1. The molecule has 0 spiro atoms. The third-order valence-corrected chi connectivity index (χ3v) is 2.96. The minimum Gasteiger partial charge on any atom is -0.394 e. The Morgan fingerprint density at radius 1 is 1.41 bits per heavy atom. The molecular formula is C13H19N3O. The summed E-state index contributed by atoms with van der Waals surface area (Å²) < 4.78 is 0. The van der Waals surface area contributed by atoms with E-state index in [0.717, 1.165) is 36.1 Å². The van der Waals surface area contributed by atoms with Crippen LogP contribution in [0.4, 0.5) is 0 Å². The van der Waals surface area contributed by atoms with Crippen molar-refractivity contribution in [3.05, 3.63) is 30.1 Å². The molecule has 1 aromatic carbocycles. The molecule has 92 valence electrons. The highest BCUT2D eigenvalue weighted by molar-refractivity contribution is 5.74. The topological polar surface area (TPSA) is 74.9 Å². The van der Waals surface area contributed by atoms with Crippen LogP contribution < -0.4 is 5.73 Å². The highest BCUT2D eigenvalue weighted by Gasteiger charge is 2.16. The number of nitrogens with zero attached hydrogens (tertiary/aromatic N) is 1. The maximum atomic E-state index is 9.06. The molecule has 0 amide bonds. The minimum atomic E-state index is -0.480. The van der Waals surface area contributed by atoms with Gasteiger partial charge >= 0.3 is 0 Å². The van der Waals surface area contributed by atoms with Crippen molar-refractivity contribution in [1.29, 1.82) is 0 Å². The van der Waals surface area contributed by atoms with Crippen molar-refractivity contribution in [2.24, 2.45) is 5.73 Å². The van der Waals surface area contributed by atoms with Crippen LogP contribution in [0.2, 0.25) is 0 Å². The number of rotatable bonds is 5. The monoisotopic (exact) mass is 233 g/mol. The molecule has 0 aliphatic heterocycles. The quantitative estimate of drug-likeness (QED) is 0.734. The summed E-state index contributed by atoms with van der Waals surface area (Å²) in [4.78, 5) is 7.78. The first kappa shape index (κ1) is 12.1. The van der Waals surface area contributed by atoms with Gasteiger partial charge in [-0.1, -0.05) is 12.1 Å². The second-order valence-electron chi connectivity index (χ2n) is 4.87. The van der Waals surface area contributed by atoms with Crippen LogP contribution in [0.1, 0.15) is 25.6 Å². The zero-order chi connectivity index (χ0) is 12.3.